The molecule has 2 aromatic carbocycles. The van der Waals surface area contributed by atoms with Gasteiger partial charge in [-0.25, -0.2) is 0 Å². The zero-order valence-electron chi connectivity index (χ0n) is 20.9. The van der Waals surface area contributed by atoms with E-state index in [1.165, 1.54) is 16.4 Å². The minimum absolute atomic E-state index is 0.0247. The van der Waals surface area contributed by atoms with E-state index >= 15 is 0 Å². The molecule has 4 rings (SSSR count). The SMILES string of the molecule is C[C@@H]1CC[C@@H](C(C)(C)N2C[C@H]([Se]c3ccccc3)C(C)(C)O[C@@H](c3ccccc3)C2)[C@H](O)C1. The van der Waals surface area contributed by atoms with Crippen molar-refractivity contribution in [2.24, 2.45) is 11.8 Å². The second-order valence-electron chi connectivity index (χ2n) is 11.2. The van der Waals surface area contributed by atoms with Crippen molar-refractivity contribution in [1.82, 2.24) is 4.90 Å². The molecule has 2 aromatic rings. The van der Waals surface area contributed by atoms with E-state index in [4.69, 9.17) is 4.74 Å². The topological polar surface area (TPSA) is 32.7 Å². The van der Waals surface area contributed by atoms with Crippen LogP contribution in [0.4, 0.5) is 0 Å². The first-order valence-corrected chi connectivity index (χ1v) is 14.4. The molecule has 0 amide bonds. The Morgan fingerprint density at radius 2 is 1.61 bits per heavy atom. The number of rotatable bonds is 5. The molecule has 0 bridgehead atoms. The van der Waals surface area contributed by atoms with Gasteiger partial charge in [-0.15, -0.1) is 0 Å². The monoisotopic (exact) mass is 515 g/mol. The van der Waals surface area contributed by atoms with Crippen molar-refractivity contribution >= 4 is 19.4 Å². The van der Waals surface area contributed by atoms with E-state index in [9.17, 15) is 5.11 Å². The molecule has 1 saturated carbocycles. The Labute approximate surface area is 207 Å². The first-order valence-electron chi connectivity index (χ1n) is 12.5. The van der Waals surface area contributed by atoms with Crippen LogP contribution < -0.4 is 4.46 Å². The normalized spacial score (nSPS) is 31.2. The molecule has 2 fully saturated rings. The molecule has 2 aliphatic rings. The molecule has 180 valence electrons. The first kappa shape index (κ1) is 24.9. The second-order valence-corrected chi connectivity index (χ2v) is 13.9. The molecule has 0 aromatic heterocycles. The summed E-state index contributed by atoms with van der Waals surface area (Å²) in [7, 11) is 0. The summed E-state index contributed by atoms with van der Waals surface area (Å²) in [6, 6.07) is 21.6. The van der Waals surface area contributed by atoms with Gasteiger partial charge in [0.15, 0.2) is 0 Å². The quantitative estimate of drug-likeness (QED) is 0.555. The van der Waals surface area contributed by atoms with Crippen molar-refractivity contribution < 1.29 is 9.84 Å². The number of ether oxygens (including phenoxy) is 1. The number of nitrogens with zero attached hydrogens (tertiary/aromatic N) is 1. The van der Waals surface area contributed by atoms with Crippen LogP contribution in [0.1, 0.15) is 65.5 Å². The summed E-state index contributed by atoms with van der Waals surface area (Å²) in [4.78, 5) is 3.08. The van der Waals surface area contributed by atoms with Crippen LogP contribution in [-0.2, 0) is 4.74 Å². The average molecular weight is 515 g/mol. The summed E-state index contributed by atoms with van der Waals surface area (Å²) >= 11 is 0.296. The summed E-state index contributed by atoms with van der Waals surface area (Å²) in [5, 5.41) is 11.1. The fraction of sp³-hybridized carbons (Fsp3) is 0.586. The van der Waals surface area contributed by atoms with Gasteiger partial charge in [-0.05, 0) is 0 Å². The van der Waals surface area contributed by atoms with E-state index in [1.54, 1.807) is 0 Å². The zero-order chi connectivity index (χ0) is 23.6. The predicted molar refractivity (Wildman–Crippen MR) is 138 cm³/mol. The number of aliphatic hydroxyl groups is 1. The van der Waals surface area contributed by atoms with Crippen molar-refractivity contribution in [3.05, 3.63) is 66.2 Å². The number of hydrogen-bond acceptors (Lipinski definition) is 3. The second kappa shape index (κ2) is 10.2. The first-order chi connectivity index (χ1) is 15.7. The number of benzene rings is 2. The molecule has 1 aliphatic heterocycles. The van der Waals surface area contributed by atoms with Crippen molar-refractivity contribution in [2.75, 3.05) is 13.1 Å². The number of hydrogen-bond donors (Lipinski definition) is 1. The van der Waals surface area contributed by atoms with Gasteiger partial charge in [0.25, 0.3) is 0 Å². The van der Waals surface area contributed by atoms with Crippen molar-refractivity contribution in [3.63, 3.8) is 0 Å². The van der Waals surface area contributed by atoms with E-state index in [2.05, 4.69) is 100 Å². The van der Waals surface area contributed by atoms with Gasteiger partial charge < -0.3 is 0 Å². The van der Waals surface area contributed by atoms with Crippen LogP contribution in [0.15, 0.2) is 60.7 Å². The van der Waals surface area contributed by atoms with Crippen molar-refractivity contribution in [1.29, 1.82) is 0 Å². The fourth-order valence-electron chi connectivity index (χ4n) is 5.74. The molecule has 33 heavy (non-hydrogen) atoms. The third kappa shape index (κ3) is 5.74. The standard InChI is InChI=1S/C29H41NO2Se/c1-21-16-17-24(25(31)18-21)28(2,3)30-19-26(22-12-8-6-9-13-22)32-29(4,5)27(20-30)33-23-14-10-7-11-15-23/h6-15,21,24-27,31H,16-20H2,1-5H3/t21-,24-,25-,26-,27+/m1/s1. The Bertz CT molecular complexity index is 885. The van der Waals surface area contributed by atoms with Gasteiger partial charge in [0.1, 0.15) is 0 Å². The fourth-order valence-corrected chi connectivity index (χ4v) is 8.33. The van der Waals surface area contributed by atoms with Crippen LogP contribution in [0.3, 0.4) is 0 Å². The minimum atomic E-state index is -0.235. The maximum absolute atomic E-state index is 11.1. The molecular weight excluding hydrogens is 473 g/mol. The Kier molecular flexibility index (Phi) is 7.72. The van der Waals surface area contributed by atoms with E-state index in [-0.39, 0.29) is 29.3 Å². The molecule has 1 heterocycles. The molecular formula is C29H41NO2Se. The van der Waals surface area contributed by atoms with Gasteiger partial charge in [-0.2, -0.15) is 0 Å². The molecule has 0 radical (unpaired) electrons. The molecule has 3 nitrogen and oxygen atoms in total. The third-order valence-electron chi connectivity index (χ3n) is 7.99. The third-order valence-corrected chi connectivity index (χ3v) is 11.2. The summed E-state index contributed by atoms with van der Waals surface area (Å²) in [5.74, 6) is 0.904. The van der Waals surface area contributed by atoms with Crippen LogP contribution >= 0.6 is 0 Å². The zero-order valence-corrected chi connectivity index (χ0v) is 22.6. The van der Waals surface area contributed by atoms with Crippen molar-refractivity contribution in [2.45, 2.75) is 82.0 Å². The van der Waals surface area contributed by atoms with E-state index in [1.807, 2.05) is 0 Å². The van der Waals surface area contributed by atoms with Gasteiger partial charge in [0.05, 0.1) is 0 Å². The van der Waals surface area contributed by atoms with E-state index in [0.29, 0.717) is 25.7 Å². The maximum atomic E-state index is 11.1. The Balaban J connectivity index is 1.67. The van der Waals surface area contributed by atoms with Crippen LogP contribution in [-0.4, -0.2) is 55.3 Å². The Morgan fingerprint density at radius 1 is 0.970 bits per heavy atom. The van der Waals surface area contributed by atoms with E-state index < -0.39 is 0 Å². The van der Waals surface area contributed by atoms with Gasteiger partial charge in [0, 0.05) is 0 Å². The van der Waals surface area contributed by atoms with Gasteiger partial charge in [-0.3, -0.25) is 0 Å². The molecule has 0 unspecified atom stereocenters. The van der Waals surface area contributed by atoms with Crippen LogP contribution in [0.2, 0.25) is 4.82 Å². The molecule has 1 aliphatic carbocycles. The molecule has 5 atom stereocenters. The van der Waals surface area contributed by atoms with Crippen LogP contribution in [0.5, 0.6) is 0 Å². The molecule has 4 heteroatoms. The Morgan fingerprint density at radius 3 is 2.24 bits per heavy atom. The molecule has 1 saturated heterocycles. The summed E-state index contributed by atoms with van der Waals surface area (Å²) in [5.41, 5.74) is 0.916. The van der Waals surface area contributed by atoms with Crippen LogP contribution in [0, 0.1) is 11.8 Å². The molecule has 1 N–H and O–H groups in total. The predicted octanol–water partition coefficient (Wildman–Crippen LogP) is 5.23. The van der Waals surface area contributed by atoms with Crippen molar-refractivity contribution in [3.8, 4) is 0 Å². The number of aliphatic hydroxyl groups excluding tert-OH is 1. The summed E-state index contributed by atoms with van der Waals surface area (Å²) in [6.45, 7) is 13.4. The average Bonchev–Trinajstić information content (AvgIpc) is 2.91. The van der Waals surface area contributed by atoms with Gasteiger partial charge >= 0.3 is 207 Å². The van der Waals surface area contributed by atoms with Gasteiger partial charge in [-0.1, -0.05) is 0 Å². The summed E-state index contributed by atoms with van der Waals surface area (Å²) < 4.78 is 8.36. The van der Waals surface area contributed by atoms with Gasteiger partial charge in [0.2, 0.25) is 0 Å². The molecule has 0 spiro atoms. The Hall–Kier alpha value is -1.16. The summed E-state index contributed by atoms with van der Waals surface area (Å²) in [6.07, 6.45) is 3.02. The van der Waals surface area contributed by atoms with Crippen LogP contribution in [0.25, 0.3) is 0 Å². The van der Waals surface area contributed by atoms with E-state index in [0.717, 1.165) is 25.9 Å².